The van der Waals surface area contributed by atoms with E-state index in [1.165, 1.54) is 0 Å². The first-order valence-electron chi connectivity index (χ1n) is 10.6. The maximum Gasteiger partial charge on any atom is 0.310 e. The van der Waals surface area contributed by atoms with Crippen molar-refractivity contribution in [1.29, 1.82) is 0 Å². The van der Waals surface area contributed by atoms with Crippen LogP contribution in [-0.4, -0.2) is 52.4 Å². The van der Waals surface area contributed by atoms with Crippen LogP contribution in [0, 0.1) is 11.8 Å². The molecule has 0 bridgehead atoms. The van der Waals surface area contributed by atoms with Crippen LogP contribution in [0.5, 0.6) is 28.7 Å². The van der Waals surface area contributed by atoms with E-state index < -0.39 is 11.8 Å². The number of aliphatic hydroxyl groups is 1. The first kappa shape index (κ1) is 22.1. The topological polar surface area (TPSA) is 92.7 Å². The fourth-order valence-corrected chi connectivity index (χ4v) is 4.75. The summed E-state index contributed by atoms with van der Waals surface area (Å²) in [5.74, 6) is 1.03. The third-order valence-corrected chi connectivity index (χ3v) is 6.16. The average Bonchev–Trinajstić information content (AvgIpc) is 3.27. The van der Waals surface area contributed by atoms with Gasteiger partial charge >= 0.3 is 5.97 Å². The minimum Gasteiger partial charge on any atom is -0.493 e. The molecule has 8 heteroatoms. The number of aliphatic hydroxyl groups excluding tert-OH is 1. The van der Waals surface area contributed by atoms with Crippen LogP contribution in [0.1, 0.15) is 29.5 Å². The summed E-state index contributed by atoms with van der Waals surface area (Å²) in [6, 6.07) is 7.54. The third kappa shape index (κ3) is 3.68. The molecule has 4 rings (SSSR count). The Labute approximate surface area is 186 Å². The van der Waals surface area contributed by atoms with Crippen LogP contribution in [0.15, 0.2) is 24.3 Å². The Bertz CT molecular complexity index is 977. The molecule has 3 unspecified atom stereocenters. The first-order valence-corrected chi connectivity index (χ1v) is 10.6. The number of fused-ring (bicyclic) bond motifs is 2. The normalized spacial score (nSPS) is 21.0. The molecule has 0 aromatic heterocycles. The number of hydrogen-bond acceptors (Lipinski definition) is 8. The third-order valence-electron chi connectivity index (χ3n) is 6.16. The van der Waals surface area contributed by atoms with E-state index in [-0.39, 0.29) is 31.9 Å². The quantitative estimate of drug-likeness (QED) is 0.652. The van der Waals surface area contributed by atoms with E-state index in [4.69, 9.17) is 28.4 Å². The number of carbonyl (C=O) groups excluding carboxylic acids is 1. The highest BCUT2D eigenvalue weighted by atomic mass is 16.7. The molecule has 2 aromatic carbocycles. The van der Waals surface area contributed by atoms with Crippen LogP contribution in [0.3, 0.4) is 0 Å². The van der Waals surface area contributed by atoms with E-state index >= 15 is 0 Å². The van der Waals surface area contributed by atoms with Crippen LogP contribution in [0.25, 0.3) is 0 Å². The van der Waals surface area contributed by atoms with Crippen molar-refractivity contribution in [2.24, 2.45) is 11.8 Å². The Balaban J connectivity index is 1.94. The van der Waals surface area contributed by atoms with E-state index in [1.54, 1.807) is 28.3 Å². The Morgan fingerprint density at radius 2 is 1.69 bits per heavy atom. The summed E-state index contributed by atoms with van der Waals surface area (Å²) in [6.45, 7) is 2.02. The Kier molecular flexibility index (Phi) is 6.32. The summed E-state index contributed by atoms with van der Waals surface area (Å²) in [7, 11) is 4.64. The largest absolute Gasteiger partial charge is 0.493 e. The average molecular weight is 444 g/mol. The molecule has 0 amide bonds. The molecule has 0 saturated carbocycles. The van der Waals surface area contributed by atoms with Crippen molar-refractivity contribution in [2.75, 3.05) is 41.3 Å². The highest BCUT2D eigenvalue weighted by Gasteiger charge is 2.44. The lowest BCUT2D eigenvalue weighted by Crippen LogP contribution is -2.39. The van der Waals surface area contributed by atoms with E-state index in [0.717, 1.165) is 16.7 Å². The highest BCUT2D eigenvalue weighted by molar-refractivity contribution is 5.77. The first-order chi connectivity index (χ1) is 15.6. The van der Waals surface area contributed by atoms with Gasteiger partial charge in [0.1, 0.15) is 0 Å². The Hall–Kier alpha value is -3.13. The SMILES string of the molecule is CCOC(=O)C1C(CO)Cc2cc3c(cc2C1c1cc(OC)c(OC)c(OC)c1)OCO3. The second-order valence-corrected chi connectivity index (χ2v) is 7.77. The summed E-state index contributed by atoms with van der Waals surface area (Å²) < 4.78 is 33.2. The molecule has 2 aromatic rings. The standard InChI is InChI=1S/C24H28O8/c1-5-30-24(26)22-15(11-25)6-13-7-17-18(32-12-31-17)10-16(13)21(22)14-8-19(27-2)23(29-4)20(9-14)28-3/h7-10,15,21-22,25H,5-6,11-12H2,1-4H3. The van der Waals surface area contributed by atoms with Crippen LogP contribution in [0.4, 0.5) is 0 Å². The Morgan fingerprint density at radius 3 is 2.25 bits per heavy atom. The zero-order chi connectivity index (χ0) is 22.8. The predicted molar refractivity (Wildman–Crippen MR) is 115 cm³/mol. The lowest BCUT2D eigenvalue weighted by atomic mass is 9.66. The Morgan fingerprint density at radius 1 is 1.03 bits per heavy atom. The zero-order valence-electron chi connectivity index (χ0n) is 18.7. The van der Waals surface area contributed by atoms with Crippen molar-refractivity contribution in [3.8, 4) is 28.7 Å². The molecule has 1 heterocycles. The molecule has 0 saturated heterocycles. The number of benzene rings is 2. The second-order valence-electron chi connectivity index (χ2n) is 7.77. The van der Waals surface area contributed by atoms with E-state index in [9.17, 15) is 9.90 Å². The van der Waals surface area contributed by atoms with E-state index in [1.807, 2.05) is 24.3 Å². The van der Waals surface area contributed by atoms with Gasteiger partial charge in [0.05, 0.1) is 33.9 Å². The molecule has 32 heavy (non-hydrogen) atoms. The number of rotatable bonds is 7. The van der Waals surface area contributed by atoms with Crippen LogP contribution in [-0.2, 0) is 16.0 Å². The van der Waals surface area contributed by atoms with Gasteiger partial charge in [0.15, 0.2) is 23.0 Å². The zero-order valence-corrected chi connectivity index (χ0v) is 18.7. The molecule has 0 spiro atoms. The summed E-state index contributed by atoms with van der Waals surface area (Å²) in [5.41, 5.74) is 2.70. The van der Waals surface area contributed by atoms with Gasteiger partial charge in [-0.3, -0.25) is 4.79 Å². The van der Waals surface area contributed by atoms with Crippen LogP contribution >= 0.6 is 0 Å². The molecular weight excluding hydrogens is 416 g/mol. The maximum atomic E-state index is 13.2. The number of hydrogen-bond donors (Lipinski definition) is 1. The number of carbonyl (C=O) groups is 1. The minimum absolute atomic E-state index is 0.151. The van der Waals surface area contributed by atoms with Crippen LogP contribution < -0.4 is 23.7 Å². The smallest absolute Gasteiger partial charge is 0.310 e. The van der Waals surface area contributed by atoms with Gasteiger partial charge in [0.25, 0.3) is 0 Å². The summed E-state index contributed by atoms with van der Waals surface area (Å²) in [4.78, 5) is 13.2. The van der Waals surface area contributed by atoms with Gasteiger partial charge in [-0.05, 0) is 54.3 Å². The van der Waals surface area contributed by atoms with Gasteiger partial charge in [-0.15, -0.1) is 0 Å². The predicted octanol–water partition coefficient (Wildman–Crippen LogP) is 2.92. The fraction of sp³-hybridized carbons (Fsp3) is 0.458. The molecule has 1 aliphatic heterocycles. The molecule has 2 aliphatic rings. The van der Waals surface area contributed by atoms with Gasteiger partial charge in [-0.1, -0.05) is 0 Å². The molecule has 1 N–H and O–H groups in total. The molecular formula is C24H28O8. The van der Waals surface area contributed by atoms with Gasteiger partial charge in [-0.25, -0.2) is 0 Å². The van der Waals surface area contributed by atoms with Gasteiger partial charge in [-0.2, -0.15) is 0 Å². The maximum absolute atomic E-state index is 13.2. The van der Waals surface area contributed by atoms with E-state index in [2.05, 4.69) is 0 Å². The van der Waals surface area contributed by atoms with E-state index in [0.29, 0.717) is 35.2 Å². The lowest BCUT2D eigenvalue weighted by molar-refractivity contribution is -0.151. The van der Waals surface area contributed by atoms with Crippen molar-refractivity contribution in [2.45, 2.75) is 19.3 Å². The van der Waals surface area contributed by atoms with Crippen molar-refractivity contribution >= 4 is 5.97 Å². The summed E-state index contributed by atoms with van der Waals surface area (Å²) in [5, 5.41) is 10.2. The summed E-state index contributed by atoms with van der Waals surface area (Å²) in [6.07, 6.45) is 0.521. The van der Waals surface area contributed by atoms with Gasteiger partial charge < -0.3 is 33.5 Å². The van der Waals surface area contributed by atoms with Gasteiger partial charge in [0, 0.05) is 18.4 Å². The second kappa shape index (κ2) is 9.16. The lowest BCUT2D eigenvalue weighted by Gasteiger charge is -2.38. The number of esters is 1. The van der Waals surface area contributed by atoms with Crippen molar-refractivity contribution in [3.63, 3.8) is 0 Å². The number of methoxy groups -OCH3 is 3. The van der Waals surface area contributed by atoms with Crippen molar-refractivity contribution in [1.82, 2.24) is 0 Å². The molecule has 172 valence electrons. The number of ether oxygens (including phenoxy) is 6. The molecule has 0 fully saturated rings. The van der Waals surface area contributed by atoms with Crippen molar-refractivity contribution in [3.05, 3.63) is 41.0 Å². The fourth-order valence-electron chi connectivity index (χ4n) is 4.75. The van der Waals surface area contributed by atoms with Crippen LogP contribution in [0.2, 0.25) is 0 Å². The summed E-state index contributed by atoms with van der Waals surface area (Å²) >= 11 is 0. The highest BCUT2D eigenvalue weighted by Crippen LogP contribution is 2.51. The molecule has 1 aliphatic carbocycles. The molecule has 3 atom stereocenters. The monoisotopic (exact) mass is 444 g/mol. The minimum atomic E-state index is -0.601. The van der Waals surface area contributed by atoms with Crippen molar-refractivity contribution < 1.29 is 38.3 Å². The van der Waals surface area contributed by atoms with Gasteiger partial charge in [0.2, 0.25) is 12.5 Å². The molecule has 0 radical (unpaired) electrons. The molecule has 8 nitrogen and oxygen atoms in total.